The molecule has 1 aromatic rings. The summed E-state index contributed by atoms with van der Waals surface area (Å²) in [5.41, 5.74) is 5.54. The molecular weight excluding hydrogens is 152 g/mol. The first-order valence-corrected chi connectivity index (χ1v) is 4.30. The number of hydrogen-bond donors (Lipinski definition) is 1. The van der Waals surface area contributed by atoms with Gasteiger partial charge in [-0.1, -0.05) is 6.92 Å². The zero-order valence-corrected chi connectivity index (χ0v) is 7.12. The summed E-state index contributed by atoms with van der Waals surface area (Å²) in [4.78, 5) is 12.4. The minimum atomic E-state index is 0.365. The molecule has 0 radical (unpaired) electrons. The number of hydrogen-bond acceptors (Lipinski definition) is 4. The summed E-state index contributed by atoms with van der Waals surface area (Å²) in [6.07, 6.45) is 3.23. The molecule has 0 atom stereocenters. The maximum atomic E-state index is 5.54. The first kappa shape index (κ1) is 7.46. The van der Waals surface area contributed by atoms with Crippen LogP contribution in [-0.2, 0) is 6.42 Å². The van der Waals surface area contributed by atoms with Crippen molar-refractivity contribution in [2.24, 2.45) is 0 Å². The Balaban J connectivity index is 2.34. The topological polar surface area (TPSA) is 64.7 Å². The van der Waals surface area contributed by atoms with Gasteiger partial charge in [-0.25, -0.2) is 4.98 Å². The predicted molar refractivity (Wildman–Crippen MR) is 45.6 cm³/mol. The lowest BCUT2D eigenvalue weighted by Crippen LogP contribution is -2.05. The van der Waals surface area contributed by atoms with Crippen molar-refractivity contribution in [3.63, 3.8) is 0 Å². The predicted octanol–water partition coefficient (Wildman–Crippen LogP) is 0.894. The lowest BCUT2D eigenvalue weighted by atomic mass is 10.4. The molecule has 1 heterocycles. The Bertz CT molecular complexity index is 293. The van der Waals surface area contributed by atoms with Crippen molar-refractivity contribution in [3.8, 4) is 0 Å². The van der Waals surface area contributed by atoms with Gasteiger partial charge in [-0.3, -0.25) is 0 Å². The zero-order chi connectivity index (χ0) is 8.55. The molecule has 64 valence electrons. The molecule has 1 aliphatic carbocycles. The van der Waals surface area contributed by atoms with E-state index in [0.29, 0.717) is 11.9 Å². The van der Waals surface area contributed by atoms with Gasteiger partial charge < -0.3 is 5.73 Å². The summed E-state index contributed by atoms with van der Waals surface area (Å²) in [5, 5.41) is 0. The number of anilines is 1. The van der Waals surface area contributed by atoms with Crippen LogP contribution in [0.5, 0.6) is 0 Å². The largest absolute Gasteiger partial charge is 0.368 e. The van der Waals surface area contributed by atoms with Crippen LogP contribution in [0.2, 0.25) is 0 Å². The second-order valence-electron chi connectivity index (χ2n) is 3.10. The van der Waals surface area contributed by atoms with Crippen LogP contribution in [0.1, 0.15) is 37.3 Å². The van der Waals surface area contributed by atoms with E-state index in [2.05, 4.69) is 15.0 Å². The molecular formula is C8H12N4. The summed E-state index contributed by atoms with van der Waals surface area (Å²) in [5.74, 6) is 2.62. The molecule has 0 spiro atoms. The highest BCUT2D eigenvalue weighted by Gasteiger charge is 2.27. The number of nitrogen functional groups attached to an aromatic ring is 1. The van der Waals surface area contributed by atoms with Gasteiger partial charge in [0.25, 0.3) is 0 Å². The molecule has 1 saturated carbocycles. The van der Waals surface area contributed by atoms with E-state index in [4.69, 9.17) is 5.73 Å². The average molecular weight is 164 g/mol. The molecule has 12 heavy (non-hydrogen) atoms. The average Bonchev–Trinajstić information content (AvgIpc) is 2.85. The maximum Gasteiger partial charge on any atom is 0.223 e. The lowest BCUT2D eigenvalue weighted by Gasteiger charge is -2.00. The first-order chi connectivity index (χ1) is 5.79. The Kier molecular flexibility index (Phi) is 1.67. The first-order valence-electron chi connectivity index (χ1n) is 4.30. The number of aryl methyl sites for hydroxylation is 1. The Hall–Kier alpha value is -1.19. The van der Waals surface area contributed by atoms with Crippen molar-refractivity contribution in [2.45, 2.75) is 32.1 Å². The van der Waals surface area contributed by atoms with E-state index < -0.39 is 0 Å². The van der Waals surface area contributed by atoms with Crippen LogP contribution >= 0.6 is 0 Å². The van der Waals surface area contributed by atoms with Gasteiger partial charge in [0.05, 0.1) is 0 Å². The van der Waals surface area contributed by atoms with E-state index in [1.807, 2.05) is 6.92 Å². The van der Waals surface area contributed by atoms with Gasteiger partial charge in [-0.15, -0.1) is 0 Å². The van der Waals surface area contributed by atoms with Gasteiger partial charge in [-0.05, 0) is 12.8 Å². The molecule has 2 N–H and O–H groups in total. The summed E-state index contributed by atoms with van der Waals surface area (Å²) >= 11 is 0. The van der Waals surface area contributed by atoms with Crippen LogP contribution in [-0.4, -0.2) is 15.0 Å². The van der Waals surface area contributed by atoms with Crippen LogP contribution in [0.3, 0.4) is 0 Å². The molecule has 0 amide bonds. The third-order valence-corrected chi connectivity index (χ3v) is 1.98. The second kappa shape index (κ2) is 2.69. The van der Waals surface area contributed by atoms with Crippen LogP contribution < -0.4 is 5.73 Å². The molecule has 0 aromatic carbocycles. The van der Waals surface area contributed by atoms with Crippen molar-refractivity contribution in [1.82, 2.24) is 15.0 Å². The highest BCUT2D eigenvalue weighted by atomic mass is 15.1. The van der Waals surface area contributed by atoms with E-state index in [9.17, 15) is 0 Å². The van der Waals surface area contributed by atoms with Crippen LogP contribution in [0.15, 0.2) is 0 Å². The molecule has 1 aromatic heterocycles. The van der Waals surface area contributed by atoms with Gasteiger partial charge >= 0.3 is 0 Å². The van der Waals surface area contributed by atoms with E-state index in [1.54, 1.807) is 0 Å². The summed E-state index contributed by atoms with van der Waals surface area (Å²) < 4.78 is 0. The summed E-state index contributed by atoms with van der Waals surface area (Å²) in [6, 6.07) is 0. The third-order valence-electron chi connectivity index (χ3n) is 1.98. The Morgan fingerprint density at radius 1 is 1.33 bits per heavy atom. The highest BCUT2D eigenvalue weighted by molar-refractivity contribution is 5.19. The smallest absolute Gasteiger partial charge is 0.223 e. The Labute approximate surface area is 71.2 Å². The van der Waals surface area contributed by atoms with Gasteiger partial charge in [-0.2, -0.15) is 9.97 Å². The fraction of sp³-hybridized carbons (Fsp3) is 0.625. The normalized spacial score (nSPS) is 16.4. The minimum absolute atomic E-state index is 0.365. The molecule has 1 fully saturated rings. The van der Waals surface area contributed by atoms with Crippen molar-refractivity contribution in [2.75, 3.05) is 5.73 Å². The number of nitrogens with two attached hydrogens (primary N) is 1. The van der Waals surface area contributed by atoms with E-state index in [1.165, 1.54) is 12.8 Å². The highest BCUT2D eigenvalue weighted by Crippen LogP contribution is 2.37. The maximum absolute atomic E-state index is 5.54. The van der Waals surface area contributed by atoms with Crippen LogP contribution in [0.4, 0.5) is 5.95 Å². The van der Waals surface area contributed by atoms with Crippen molar-refractivity contribution in [1.29, 1.82) is 0 Å². The third kappa shape index (κ3) is 1.37. The van der Waals surface area contributed by atoms with Crippen LogP contribution in [0.25, 0.3) is 0 Å². The molecule has 1 aliphatic rings. The minimum Gasteiger partial charge on any atom is -0.368 e. The van der Waals surface area contributed by atoms with Gasteiger partial charge in [0.15, 0.2) is 0 Å². The van der Waals surface area contributed by atoms with E-state index >= 15 is 0 Å². The standard InChI is InChI=1S/C8H12N4/c1-2-6-10-7(5-3-4-5)12-8(9)11-6/h5H,2-4H2,1H3,(H2,9,10,11,12). The fourth-order valence-corrected chi connectivity index (χ4v) is 1.14. The van der Waals surface area contributed by atoms with Crippen LogP contribution in [0, 0.1) is 0 Å². The Morgan fingerprint density at radius 2 is 2.08 bits per heavy atom. The van der Waals surface area contributed by atoms with Crippen molar-refractivity contribution >= 4 is 5.95 Å². The molecule has 0 aliphatic heterocycles. The van der Waals surface area contributed by atoms with Crippen molar-refractivity contribution < 1.29 is 0 Å². The lowest BCUT2D eigenvalue weighted by molar-refractivity contribution is 0.827. The van der Waals surface area contributed by atoms with E-state index in [0.717, 1.165) is 18.1 Å². The molecule has 4 nitrogen and oxygen atoms in total. The number of aromatic nitrogens is 3. The van der Waals surface area contributed by atoms with Gasteiger partial charge in [0, 0.05) is 12.3 Å². The Morgan fingerprint density at radius 3 is 2.67 bits per heavy atom. The van der Waals surface area contributed by atoms with Crippen molar-refractivity contribution in [3.05, 3.63) is 11.6 Å². The summed E-state index contributed by atoms with van der Waals surface area (Å²) in [7, 11) is 0. The van der Waals surface area contributed by atoms with E-state index in [-0.39, 0.29) is 0 Å². The van der Waals surface area contributed by atoms with Gasteiger partial charge in [0.2, 0.25) is 5.95 Å². The zero-order valence-electron chi connectivity index (χ0n) is 7.12. The number of nitrogens with zero attached hydrogens (tertiary/aromatic N) is 3. The molecule has 4 heteroatoms. The molecule has 0 saturated heterocycles. The quantitative estimate of drug-likeness (QED) is 0.705. The summed E-state index contributed by atoms with van der Waals surface area (Å²) in [6.45, 7) is 2.02. The molecule has 0 unspecified atom stereocenters. The van der Waals surface area contributed by atoms with Gasteiger partial charge in [0.1, 0.15) is 11.6 Å². The monoisotopic (exact) mass is 164 g/mol. The molecule has 2 rings (SSSR count). The second-order valence-corrected chi connectivity index (χ2v) is 3.10. The SMILES string of the molecule is CCc1nc(N)nc(C2CC2)n1. The number of rotatable bonds is 2. The molecule has 0 bridgehead atoms. The fourth-order valence-electron chi connectivity index (χ4n) is 1.14.